The number of para-hydroxylation sites is 1. The number of rotatable bonds is 2. The fraction of sp³-hybridized carbons (Fsp3) is 0.381. The molecule has 128 valence electrons. The van der Waals surface area contributed by atoms with Gasteiger partial charge < -0.3 is 10.6 Å². The number of hydrogen-bond acceptors (Lipinski definition) is 1. The Kier molecular flexibility index (Phi) is 5.02. The fourth-order valence-electron chi connectivity index (χ4n) is 2.57. The molecule has 0 aliphatic carbocycles. The minimum atomic E-state index is -0.224. The van der Waals surface area contributed by atoms with E-state index in [0.29, 0.717) is 0 Å². The highest BCUT2D eigenvalue weighted by Gasteiger charge is 2.22. The van der Waals surface area contributed by atoms with E-state index in [1.54, 1.807) is 0 Å². The van der Waals surface area contributed by atoms with Gasteiger partial charge in [-0.3, -0.25) is 0 Å². The van der Waals surface area contributed by atoms with Crippen LogP contribution in [0.15, 0.2) is 48.5 Å². The van der Waals surface area contributed by atoms with Crippen LogP contribution >= 0.6 is 0 Å². The van der Waals surface area contributed by atoms with E-state index in [2.05, 4.69) is 70.4 Å². The molecule has 0 heterocycles. The summed E-state index contributed by atoms with van der Waals surface area (Å²) in [5.74, 6) is 0. The predicted molar refractivity (Wildman–Crippen MR) is 103 cm³/mol. The van der Waals surface area contributed by atoms with Gasteiger partial charge in [0.2, 0.25) is 0 Å². The maximum atomic E-state index is 12.4. The highest BCUT2D eigenvalue weighted by molar-refractivity contribution is 6.00. The van der Waals surface area contributed by atoms with Crippen molar-refractivity contribution in [2.24, 2.45) is 0 Å². The Bertz CT molecular complexity index is 707. The van der Waals surface area contributed by atoms with E-state index in [9.17, 15) is 4.79 Å². The van der Waals surface area contributed by atoms with Crippen LogP contribution in [0.25, 0.3) is 0 Å². The van der Waals surface area contributed by atoms with Crippen molar-refractivity contribution >= 4 is 17.4 Å². The molecule has 2 N–H and O–H groups in total. The minimum Gasteiger partial charge on any atom is -0.308 e. The molecule has 0 aliphatic heterocycles. The van der Waals surface area contributed by atoms with E-state index in [1.165, 1.54) is 5.56 Å². The number of urea groups is 1. The van der Waals surface area contributed by atoms with Gasteiger partial charge in [-0.15, -0.1) is 0 Å². The number of hydrogen-bond donors (Lipinski definition) is 2. The zero-order valence-corrected chi connectivity index (χ0v) is 15.5. The van der Waals surface area contributed by atoms with Crippen molar-refractivity contribution < 1.29 is 4.79 Å². The number of amides is 2. The van der Waals surface area contributed by atoms with Crippen LogP contribution < -0.4 is 10.6 Å². The summed E-state index contributed by atoms with van der Waals surface area (Å²) in [5.41, 5.74) is 3.95. The normalized spacial score (nSPS) is 11.9. The quantitative estimate of drug-likeness (QED) is 0.706. The van der Waals surface area contributed by atoms with Gasteiger partial charge >= 0.3 is 6.03 Å². The molecule has 0 bridgehead atoms. The summed E-state index contributed by atoms with van der Waals surface area (Å²) in [4.78, 5) is 12.4. The number of anilines is 2. The van der Waals surface area contributed by atoms with Gasteiger partial charge in [-0.05, 0) is 40.2 Å². The van der Waals surface area contributed by atoms with Crippen LogP contribution in [-0.2, 0) is 10.8 Å². The van der Waals surface area contributed by atoms with E-state index >= 15 is 0 Å². The molecule has 2 amide bonds. The monoisotopic (exact) mass is 324 g/mol. The van der Waals surface area contributed by atoms with Crippen LogP contribution in [0.3, 0.4) is 0 Å². The lowest BCUT2D eigenvalue weighted by atomic mass is 9.81. The van der Waals surface area contributed by atoms with Gasteiger partial charge in [-0.25, -0.2) is 4.79 Å². The Morgan fingerprint density at radius 1 is 0.792 bits per heavy atom. The van der Waals surface area contributed by atoms with E-state index < -0.39 is 0 Å². The van der Waals surface area contributed by atoms with Crippen molar-refractivity contribution in [2.75, 3.05) is 10.6 Å². The standard InChI is InChI=1S/C21H28N2O/c1-20(2,3)15-12-13-17(21(4,5)6)18(14-15)23-19(24)22-16-10-8-7-9-11-16/h7-14H,1-6H3,(H2,22,23,24). The van der Waals surface area contributed by atoms with Crippen LogP contribution in [0, 0.1) is 0 Å². The van der Waals surface area contributed by atoms with Crippen LogP contribution in [-0.4, -0.2) is 6.03 Å². The molecule has 3 heteroatoms. The molecule has 0 unspecified atom stereocenters. The van der Waals surface area contributed by atoms with E-state index in [4.69, 9.17) is 0 Å². The second-order valence-corrected chi connectivity index (χ2v) is 8.21. The summed E-state index contributed by atoms with van der Waals surface area (Å²) in [6.45, 7) is 13.0. The predicted octanol–water partition coefficient (Wildman–Crippen LogP) is 5.93. The molecule has 24 heavy (non-hydrogen) atoms. The average molecular weight is 324 g/mol. The largest absolute Gasteiger partial charge is 0.323 e. The van der Waals surface area contributed by atoms with Gasteiger partial charge in [0.25, 0.3) is 0 Å². The van der Waals surface area contributed by atoms with Crippen molar-refractivity contribution in [3.63, 3.8) is 0 Å². The third-order valence-electron chi connectivity index (χ3n) is 3.97. The second-order valence-electron chi connectivity index (χ2n) is 8.21. The summed E-state index contributed by atoms with van der Waals surface area (Å²) < 4.78 is 0. The third-order valence-corrected chi connectivity index (χ3v) is 3.97. The Hall–Kier alpha value is -2.29. The van der Waals surface area contributed by atoms with Gasteiger partial charge in [-0.1, -0.05) is 71.9 Å². The molecule has 2 rings (SSSR count). The highest BCUT2D eigenvalue weighted by atomic mass is 16.2. The van der Waals surface area contributed by atoms with Gasteiger partial charge in [0.1, 0.15) is 0 Å². The summed E-state index contributed by atoms with van der Waals surface area (Å²) in [6, 6.07) is 15.6. The minimum absolute atomic E-state index is 0.0305. The number of nitrogens with one attached hydrogen (secondary N) is 2. The number of benzene rings is 2. The van der Waals surface area contributed by atoms with Crippen molar-refractivity contribution in [1.82, 2.24) is 0 Å². The van der Waals surface area contributed by atoms with Crippen LogP contribution in [0.5, 0.6) is 0 Å². The maximum Gasteiger partial charge on any atom is 0.323 e. The topological polar surface area (TPSA) is 41.1 Å². The first-order chi connectivity index (χ1) is 11.1. The first-order valence-corrected chi connectivity index (χ1v) is 8.35. The van der Waals surface area contributed by atoms with Crippen molar-refractivity contribution in [3.8, 4) is 0 Å². The Balaban J connectivity index is 2.30. The molecular weight excluding hydrogens is 296 g/mol. The zero-order chi connectivity index (χ0) is 18.0. The second kappa shape index (κ2) is 6.68. The summed E-state index contributed by atoms with van der Waals surface area (Å²) in [5, 5.41) is 5.91. The third kappa shape index (κ3) is 4.60. The van der Waals surface area contributed by atoms with Gasteiger partial charge in [0.15, 0.2) is 0 Å². The Morgan fingerprint density at radius 3 is 1.96 bits per heavy atom. The molecular formula is C21H28N2O. The van der Waals surface area contributed by atoms with Crippen LogP contribution in [0.2, 0.25) is 0 Å². The number of carbonyl (C=O) groups excluding carboxylic acids is 1. The molecule has 0 radical (unpaired) electrons. The highest BCUT2D eigenvalue weighted by Crippen LogP contribution is 2.34. The molecule has 0 fully saturated rings. The molecule has 0 saturated carbocycles. The fourth-order valence-corrected chi connectivity index (χ4v) is 2.57. The molecule has 0 aliphatic rings. The van der Waals surface area contributed by atoms with E-state index in [-0.39, 0.29) is 16.9 Å². The van der Waals surface area contributed by atoms with Gasteiger partial charge in [0, 0.05) is 11.4 Å². The summed E-state index contributed by atoms with van der Waals surface area (Å²) >= 11 is 0. The molecule has 0 aromatic heterocycles. The van der Waals surface area contributed by atoms with Crippen molar-refractivity contribution in [2.45, 2.75) is 52.4 Å². The molecule has 0 atom stereocenters. The lowest BCUT2D eigenvalue weighted by molar-refractivity contribution is 0.262. The first-order valence-electron chi connectivity index (χ1n) is 8.35. The zero-order valence-electron chi connectivity index (χ0n) is 15.5. The lowest BCUT2D eigenvalue weighted by Crippen LogP contribution is -2.24. The molecule has 2 aromatic carbocycles. The lowest BCUT2D eigenvalue weighted by Gasteiger charge is -2.27. The molecule has 2 aromatic rings. The molecule has 0 spiro atoms. The smallest absolute Gasteiger partial charge is 0.308 e. The van der Waals surface area contributed by atoms with Gasteiger partial charge in [-0.2, -0.15) is 0 Å². The van der Waals surface area contributed by atoms with Crippen LogP contribution in [0.4, 0.5) is 16.2 Å². The van der Waals surface area contributed by atoms with Crippen molar-refractivity contribution in [1.29, 1.82) is 0 Å². The molecule has 0 saturated heterocycles. The summed E-state index contributed by atoms with van der Waals surface area (Å²) in [7, 11) is 0. The Morgan fingerprint density at radius 2 is 1.42 bits per heavy atom. The Labute approximate surface area is 145 Å². The number of carbonyl (C=O) groups is 1. The van der Waals surface area contributed by atoms with Crippen LogP contribution in [0.1, 0.15) is 52.7 Å². The van der Waals surface area contributed by atoms with Crippen molar-refractivity contribution in [3.05, 3.63) is 59.7 Å². The van der Waals surface area contributed by atoms with E-state index in [0.717, 1.165) is 16.9 Å². The first kappa shape index (κ1) is 18.1. The SMILES string of the molecule is CC(C)(C)c1ccc(C(C)(C)C)c(NC(=O)Nc2ccccc2)c1. The maximum absolute atomic E-state index is 12.4. The molecule has 3 nitrogen and oxygen atoms in total. The average Bonchev–Trinajstić information content (AvgIpc) is 2.46. The van der Waals surface area contributed by atoms with Gasteiger partial charge in [0.05, 0.1) is 0 Å². The summed E-state index contributed by atoms with van der Waals surface area (Å²) in [6.07, 6.45) is 0. The van der Waals surface area contributed by atoms with E-state index in [1.807, 2.05) is 30.3 Å².